The standard InChI is InChI=1S/C13H9BrF2/c1-8-4-2-3-5-9(8)10-6-13(16)11(14)7-12(10)15/h2-7H,1H3. The summed E-state index contributed by atoms with van der Waals surface area (Å²) in [5.74, 6) is -0.887. The second-order valence-electron chi connectivity index (χ2n) is 3.56. The van der Waals surface area contributed by atoms with Crippen LogP contribution in [0.4, 0.5) is 8.78 Å². The van der Waals surface area contributed by atoms with Crippen molar-refractivity contribution in [2.24, 2.45) is 0 Å². The van der Waals surface area contributed by atoms with Crippen molar-refractivity contribution in [3.63, 3.8) is 0 Å². The monoisotopic (exact) mass is 282 g/mol. The maximum absolute atomic E-state index is 13.7. The molecule has 0 amide bonds. The van der Waals surface area contributed by atoms with Crippen LogP contribution in [-0.2, 0) is 0 Å². The number of benzene rings is 2. The topological polar surface area (TPSA) is 0 Å². The average molecular weight is 283 g/mol. The van der Waals surface area contributed by atoms with Crippen LogP contribution < -0.4 is 0 Å². The minimum absolute atomic E-state index is 0.141. The van der Waals surface area contributed by atoms with Gasteiger partial charge in [0.1, 0.15) is 11.6 Å². The van der Waals surface area contributed by atoms with E-state index in [2.05, 4.69) is 15.9 Å². The van der Waals surface area contributed by atoms with Gasteiger partial charge in [-0.15, -0.1) is 0 Å². The number of hydrogen-bond acceptors (Lipinski definition) is 0. The predicted molar refractivity (Wildman–Crippen MR) is 64.2 cm³/mol. The zero-order valence-corrected chi connectivity index (χ0v) is 10.2. The highest BCUT2D eigenvalue weighted by Crippen LogP contribution is 2.29. The molecule has 0 fully saturated rings. The average Bonchev–Trinajstić information content (AvgIpc) is 2.25. The highest BCUT2D eigenvalue weighted by atomic mass is 79.9. The van der Waals surface area contributed by atoms with Gasteiger partial charge in [-0.2, -0.15) is 0 Å². The van der Waals surface area contributed by atoms with Gasteiger partial charge in [-0.05, 0) is 46.1 Å². The first-order chi connectivity index (χ1) is 7.59. The van der Waals surface area contributed by atoms with E-state index in [0.29, 0.717) is 11.1 Å². The van der Waals surface area contributed by atoms with Crippen LogP contribution in [0.3, 0.4) is 0 Å². The molecule has 0 aliphatic heterocycles. The molecule has 0 unspecified atom stereocenters. The molecule has 0 aromatic heterocycles. The van der Waals surface area contributed by atoms with Crippen LogP contribution >= 0.6 is 15.9 Å². The molecule has 0 heterocycles. The van der Waals surface area contributed by atoms with Gasteiger partial charge in [0, 0.05) is 5.56 Å². The van der Waals surface area contributed by atoms with Crippen LogP contribution in [0.5, 0.6) is 0 Å². The first kappa shape index (κ1) is 11.3. The van der Waals surface area contributed by atoms with E-state index in [1.165, 1.54) is 6.07 Å². The highest BCUT2D eigenvalue weighted by molar-refractivity contribution is 9.10. The van der Waals surface area contributed by atoms with E-state index in [-0.39, 0.29) is 4.47 Å². The Morgan fingerprint density at radius 1 is 0.938 bits per heavy atom. The number of hydrogen-bond donors (Lipinski definition) is 0. The zero-order chi connectivity index (χ0) is 11.7. The summed E-state index contributed by atoms with van der Waals surface area (Å²) in [5, 5.41) is 0. The molecule has 0 aliphatic carbocycles. The van der Waals surface area contributed by atoms with Crippen molar-refractivity contribution in [2.75, 3.05) is 0 Å². The highest BCUT2D eigenvalue weighted by Gasteiger charge is 2.11. The van der Waals surface area contributed by atoms with Gasteiger partial charge in [0.25, 0.3) is 0 Å². The summed E-state index contributed by atoms with van der Waals surface area (Å²) in [6, 6.07) is 9.68. The van der Waals surface area contributed by atoms with E-state index < -0.39 is 11.6 Å². The van der Waals surface area contributed by atoms with Gasteiger partial charge < -0.3 is 0 Å². The van der Waals surface area contributed by atoms with E-state index in [0.717, 1.165) is 11.6 Å². The molecule has 0 saturated carbocycles. The molecule has 2 rings (SSSR count). The normalized spacial score (nSPS) is 10.5. The summed E-state index contributed by atoms with van der Waals surface area (Å²) in [6.07, 6.45) is 0. The van der Waals surface area contributed by atoms with E-state index >= 15 is 0 Å². The molecule has 0 saturated heterocycles. The molecule has 0 spiro atoms. The summed E-state index contributed by atoms with van der Waals surface area (Å²) in [7, 11) is 0. The molecule has 16 heavy (non-hydrogen) atoms. The molecule has 3 heteroatoms. The van der Waals surface area contributed by atoms with Crippen LogP contribution in [0, 0.1) is 18.6 Å². The first-order valence-electron chi connectivity index (χ1n) is 4.80. The Morgan fingerprint density at radius 2 is 1.62 bits per heavy atom. The molecule has 0 N–H and O–H groups in total. The first-order valence-corrected chi connectivity index (χ1v) is 5.59. The maximum Gasteiger partial charge on any atom is 0.138 e. The second-order valence-corrected chi connectivity index (χ2v) is 4.42. The van der Waals surface area contributed by atoms with E-state index in [1.54, 1.807) is 6.07 Å². The van der Waals surface area contributed by atoms with E-state index in [4.69, 9.17) is 0 Å². The molecule has 2 aromatic rings. The van der Waals surface area contributed by atoms with Crippen molar-refractivity contribution in [3.05, 3.63) is 58.1 Å². The minimum Gasteiger partial charge on any atom is -0.206 e. The Hall–Kier alpha value is -1.22. The fourth-order valence-corrected chi connectivity index (χ4v) is 1.92. The van der Waals surface area contributed by atoms with Crippen LogP contribution in [0.2, 0.25) is 0 Å². The van der Waals surface area contributed by atoms with Crippen molar-refractivity contribution < 1.29 is 8.78 Å². The van der Waals surface area contributed by atoms with Gasteiger partial charge in [0.2, 0.25) is 0 Å². The lowest BCUT2D eigenvalue weighted by Gasteiger charge is -2.08. The van der Waals surface area contributed by atoms with Crippen molar-refractivity contribution >= 4 is 15.9 Å². The molecule has 0 bridgehead atoms. The lowest BCUT2D eigenvalue weighted by molar-refractivity contribution is 0.597. The Morgan fingerprint density at radius 3 is 2.31 bits per heavy atom. The van der Waals surface area contributed by atoms with Crippen molar-refractivity contribution in [1.29, 1.82) is 0 Å². The lowest BCUT2D eigenvalue weighted by atomic mass is 10.0. The maximum atomic E-state index is 13.7. The number of halogens is 3. The van der Waals surface area contributed by atoms with Gasteiger partial charge >= 0.3 is 0 Å². The lowest BCUT2D eigenvalue weighted by Crippen LogP contribution is -1.90. The smallest absolute Gasteiger partial charge is 0.138 e. The molecule has 82 valence electrons. The SMILES string of the molecule is Cc1ccccc1-c1cc(F)c(Br)cc1F. The predicted octanol–water partition coefficient (Wildman–Crippen LogP) is 4.70. The summed E-state index contributed by atoms with van der Waals surface area (Å²) < 4.78 is 27.2. The summed E-state index contributed by atoms with van der Waals surface area (Å²) in [5.41, 5.74) is 1.92. The molecular weight excluding hydrogens is 274 g/mol. The Kier molecular flexibility index (Phi) is 3.06. The minimum atomic E-state index is -0.459. The summed E-state index contributed by atoms with van der Waals surface area (Å²) in [4.78, 5) is 0. The fraction of sp³-hybridized carbons (Fsp3) is 0.0769. The second kappa shape index (κ2) is 4.34. The summed E-state index contributed by atoms with van der Waals surface area (Å²) >= 11 is 2.96. The molecular formula is C13H9BrF2. The van der Waals surface area contributed by atoms with Crippen LogP contribution in [-0.4, -0.2) is 0 Å². The van der Waals surface area contributed by atoms with Gasteiger partial charge in [-0.25, -0.2) is 8.78 Å². The van der Waals surface area contributed by atoms with Crippen molar-refractivity contribution in [3.8, 4) is 11.1 Å². The molecule has 0 nitrogen and oxygen atoms in total. The zero-order valence-electron chi connectivity index (χ0n) is 8.60. The third-order valence-corrected chi connectivity index (χ3v) is 3.05. The van der Waals surface area contributed by atoms with Crippen molar-refractivity contribution in [1.82, 2.24) is 0 Å². The van der Waals surface area contributed by atoms with E-state index in [9.17, 15) is 8.78 Å². The molecule has 0 aliphatic rings. The van der Waals surface area contributed by atoms with Gasteiger partial charge in [0.05, 0.1) is 4.47 Å². The molecule has 2 aromatic carbocycles. The van der Waals surface area contributed by atoms with Crippen molar-refractivity contribution in [2.45, 2.75) is 6.92 Å². The van der Waals surface area contributed by atoms with Crippen LogP contribution in [0.25, 0.3) is 11.1 Å². The quantitative estimate of drug-likeness (QED) is 0.665. The summed E-state index contributed by atoms with van der Waals surface area (Å²) in [6.45, 7) is 1.87. The Balaban J connectivity index is 2.65. The van der Waals surface area contributed by atoms with Crippen LogP contribution in [0.15, 0.2) is 40.9 Å². The molecule has 0 atom stereocenters. The van der Waals surface area contributed by atoms with E-state index in [1.807, 2.05) is 25.1 Å². The number of rotatable bonds is 1. The third-order valence-electron chi connectivity index (χ3n) is 2.45. The number of aryl methyl sites for hydroxylation is 1. The Bertz CT molecular complexity index is 535. The largest absolute Gasteiger partial charge is 0.206 e. The van der Waals surface area contributed by atoms with Gasteiger partial charge in [-0.3, -0.25) is 0 Å². The molecule has 0 radical (unpaired) electrons. The van der Waals surface area contributed by atoms with Gasteiger partial charge in [-0.1, -0.05) is 24.3 Å². The van der Waals surface area contributed by atoms with Gasteiger partial charge in [0.15, 0.2) is 0 Å². The third kappa shape index (κ3) is 2.00. The fourth-order valence-electron chi connectivity index (χ4n) is 1.60. The van der Waals surface area contributed by atoms with Crippen LogP contribution in [0.1, 0.15) is 5.56 Å². The Labute approximate surface area is 101 Å².